The molecule has 0 aliphatic rings. The maximum Gasteiger partial charge on any atom is 0.573 e. The molecule has 0 unspecified atom stereocenters. The van der Waals surface area contributed by atoms with Crippen LogP contribution in [0, 0.1) is 0 Å². The van der Waals surface area contributed by atoms with Crippen LogP contribution in [0.3, 0.4) is 0 Å². The van der Waals surface area contributed by atoms with Crippen molar-refractivity contribution in [3.63, 3.8) is 0 Å². The van der Waals surface area contributed by atoms with Crippen molar-refractivity contribution in [1.29, 1.82) is 0 Å². The SMILES string of the molecule is NCc1cnc(C(F)(F)F)c(S(=O)(=O)Cl)c1OC(F)(F)F. The summed E-state index contributed by atoms with van der Waals surface area (Å²) >= 11 is 0. The number of aromatic nitrogens is 1. The summed E-state index contributed by atoms with van der Waals surface area (Å²) in [5.74, 6) is -1.65. The number of rotatable bonds is 3. The molecule has 1 aromatic heterocycles. The first-order valence-electron chi connectivity index (χ1n) is 4.77. The lowest BCUT2D eigenvalue weighted by Gasteiger charge is -2.18. The van der Waals surface area contributed by atoms with Crippen molar-refractivity contribution in [3.8, 4) is 5.75 Å². The van der Waals surface area contributed by atoms with E-state index in [4.69, 9.17) is 16.4 Å². The molecular formula is C8H5ClF6N2O3S. The van der Waals surface area contributed by atoms with Gasteiger partial charge in [0.15, 0.2) is 16.3 Å². The molecule has 0 fully saturated rings. The quantitative estimate of drug-likeness (QED) is 0.662. The van der Waals surface area contributed by atoms with Gasteiger partial charge < -0.3 is 10.5 Å². The van der Waals surface area contributed by atoms with Crippen molar-refractivity contribution in [2.75, 3.05) is 0 Å². The van der Waals surface area contributed by atoms with Gasteiger partial charge in [0.25, 0.3) is 9.05 Å². The van der Waals surface area contributed by atoms with E-state index in [1.54, 1.807) is 0 Å². The summed E-state index contributed by atoms with van der Waals surface area (Å²) in [7, 11) is -0.466. The predicted octanol–water partition coefficient (Wildman–Crippen LogP) is 2.39. The van der Waals surface area contributed by atoms with E-state index < -0.39 is 50.0 Å². The Morgan fingerprint density at radius 1 is 1.24 bits per heavy atom. The Morgan fingerprint density at radius 2 is 1.76 bits per heavy atom. The number of ether oxygens (including phenoxy) is 1. The highest BCUT2D eigenvalue weighted by atomic mass is 35.7. The van der Waals surface area contributed by atoms with Crippen LogP contribution in [0.25, 0.3) is 0 Å². The molecule has 0 atom stereocenters. The maximum atomic E-state index is 12.7. The van der Waals surface area contributed by atoms with Crippen molar-refractivity contribution in [2.24, 2.45) is 5.73 Å². The Bertz CT molecular complexity index is 643. The number of halogens is 7. The summed E-state index contributed by atoms with van der Waals surface area (Å²) < 4.78 is 101. The van der Waals surface area contributed by atoms with Gasteiger partial charge in [0.2, 0.25) is 0 Å². The molecule has 13 heteroatoms. The highest BCUT2D eigenvalue weighted by Gasteiger charge is 2.44. The number of nitrogens with zero attached hydrogens (tertiary/aromatic N) is 1. The Kier molecular flexibility index (Phi) is 4.65. The van der Waals surface area contributed by atoms with Gasteiger partial charge in [-0.1, -0.05) is 0 Å². The maximum absolute atomic E-state index is 12.7. The van der Waals surface area contributed by atoms with Crippen molar-refractivity contribution >= 4 is 19.7 Å². The average molecular weight is 359 g/mol. The van der Waals surface area contributed by atoms with E-state index in [-0.39, 0.29) is 0 Å². The van der Waals surface area contributed by atoms with Crippen LogP contribution >= 0.6 is 10.7 Å². The van der Waals surface area contributed by atoms with Gasteiger partial charge in [-0.2, -0.15) is 13.2 Å². The summed E-state index contributed by atoms with van der Waals surface area (Å²) in [6.07, 6.45) is -10.5. The highest BCUT2D eigenvalue weighted by molar-refractivity contribution is 8.13. The van der Waals surface area contributed by atoms with Crippen molar-refractivity contribution < 1.29 is 39.5 Å². The minimum Gasteiger partial charge on any atom is -0.404 e. The van der Waals surface area contributed by atoms with Crippen molar-refractivity contribution in [1.82, 2.24) is 4.98 Å². The van der Waals surface area contributed by atoms with E-state index in [1.807, 2.05) is 0 Å². The fraction of sp³-hybridized carbons (Fsp3) is 0.375. The molecule has 21 heavy (non-hydrogen) atoms. The smallest absolute Gasteiger partial charge is 0.404 e. The van der Waals surface area contributed by atoms with E-state index in [2.05, 4.69) is 9.72 Å². The molecule has 0 aliphatic heterocycles. The molecule has 0 saturated carbocycles. The molecule has 5 nitrogen and oxygen atoms in total. The summed E-state index contributed by atoms with van der Waals surface area (Å²) in [5, 5.41) is 0. The summed E-state index contributed by atoms with van der Waals surface area (Å²) in [5.41, 5.74) is 2.19. The van der Waals surface area contributed by atoms with Crippen LogP contribution in [-0.2, 0) is 21.8 Å². The summed E-state index contributed by atoms with van der Waals surface area (Å²) in [6.45, 7) is -0.754. The van der Waals surface area contributed by atoms with Gasteiger partial charge in [-0.3, -0.25) is 0 Å². The Morgan fingerprint density at radius 3 is 2.10 bits per heavy atom. The van der Waals surface area contributed by atoms with Crippen LogP contribution in [0.5, 0.6) is 5.75 Å². The standard InChI is InChI=1S/C8H5ClF6N2O3S/c9-21(18,19)5-4(20-8(13,14)15)3(1-16)2-17-6(5)7(10,11)12/h2H,1,16H2. The van der Waals surface area contributed by atoms with Gasteiger partial charge in [0.05, 0.1) is 0 Å². The molecule has 2 N–H and O–H groups in total. The zero-order valence-electron chi connectivity index (χ0n) is 9.59. The van der Waals surface area contributed by atoms with Crippen LogP contribution in [-0.4, -0.2) is 19.8 Å². The van der Waals surface area contributed by atoms with E-state index >= 15 is 0 Å². The summed E-state index contributed by atoms with van der Waals surface area (Å²) in [6, 6.07) is 0. The van der Waals surface area contributed by atoms with E-state index in [0.717, 1.165) is 0 Å². The third-order valence-electron chi connectivity index (χ3n) is 2.01. The topological polar surface area (TPSA) is 82.3 Å². The summed E-state index contributed by atoms with van der Waals surface area (Å²) in [4.78, 5) is 0.829. The molecule has 0 saturated heterocycles. The molecule has 1 aromatic rings. The Labute approximate surface area is 118 Å². The van der Waals surface area contributed by atoms with Crippen LogP contribution in [0.15, 0.2) is 11.1 Å². The Hall–Kier alpha value is -1.27. The zero-order chi connectivity index (χ0) is 16.6. The van der Waals surface area contributed by atoms with Gasteiger partial charge in [-0.25, -0.2) is 13.4 Å². The highest BCUT2D eigenvalue weighted by Crippen LogP contribution is 2.42. The second-order valence-electron chi connectivity index (χ2n) is 3.48. The number of hydrogen-bond acceptors (Lipinski definition) is 5. The van der Waals surface area contributed by atoms with Gasteiger partial charge in [-0.05, 0) is 0 Å². The lowest BCUT2D eigenvalue weighted by Crippen LogP contribution is -2.23. The minimum atomic E-state index is -5.45. The van der Waals surface area contributed by atoms with Gasteiger partial charge in [0.1, 0.15) is 0 Å². The van der Waals surface area contributed by atoms with Crippen molar-refractivity contribution in [3.05, 3.63) is 17.5 Å². The molecule has 0 spiro atoms. The molecule has 120 valence electrons. The van der Waals surface area contributed by atoms with Gasteiger partial charge in [-0.15, -0.1) is 13.2 Å². The number of hydrogen-bond donors (Lipinski definition) is 1. The third kappa shape index (κ3) is 4.35. The van der Waals surface area contributed by atoms with E-state index in [0.29, 0.717) is 6.20 Å². The normalized spacial score (nSPS) is 13.3. The van der Waals surface area contributed by atoms with E-state index in [9.17, 15) is 34.8 Å². The van der Waals surface area contributed by atoms with Crippen LogP contribution in [0.4, 0.5) is 26.3 Å². The predicted molar refractivity (Wildman–Crippen MR) is 56.9 cm³/mol. The molecule has 0 bridgehead atoms. The lowest BCUT2D eigenvalue weighted by molar-refractivity contribution is -0.276. The first-order valence-corrected chi connectivity index (χ1v) is 7.08. The fourth-order valence-electron chi connectivity index (χ4n) is 1.31. The fourth-order valence-corrected chi connectivity index (χ4v) is 2.54. The van der Waals surface area contributed by atoms with Crippen LogP contribution in [0.1, 0.15) is 11.3 Å². The van der Waals surface area contributed by atoms with Gasteiger partial charge in [0, 0.05) is 29.0 Å². The molecule has 0 aromatic carbocycles. The lowest BCUT2D eigenvalue weighted by atomic mass is 10.2. The first-order chi connectivity index (χ1) is 9.27. The second kappa shape index (κ2) is 5.50. The number of nitrogens with two attached hydrogens (primary N) is 1. The second-order valence-corrected chi connectivity index (χ2v) is 5.98. The molecule has 0 aliphatic carbocycles. The monoisotopic (exact) mass is 358 g/mol. The molecule has 0 amide bonds. The van der Waals surface area contributed by atoms with Crippen molar-refractivity contribution in [2.45, 2.75) is 24.0 Å². The molecule has 1 heterocycles. The third-order valence-corrected chi connectivity index (χ3v) is 3.34. The minimum absolute atomic E-state index is 0.329. The Balaban J connectivity index is 3.80. The molecule has 1 rings (SSSR count). The van der Waals surface area contributed by atoms with Crippen LogP contribution in [0.2, 0.25) is 0 Å². The first kappa shape index (κ1) is 17.8. The van der Waals surface area contributed by atoms with Crippen LogP contribution < -0.4 is 10.5 Å². The zero-order valence-corrected chi connectivity index (χ0v) is 11.2. The largest absolute Gasteiger partial charge is 0.573 e. The van der Waals surface area contributed by atoms with E-state index in [1.165, 1.54) is 0 Å². The molecular weight excluding hydrogens is 354 g/mol. The van der Waals surface area contributed by atoms with Gasteiger partial charge >= 0.3 is 12.5 Å². The number of pyridine rings is 1. The number of alkyl halides is 6. The molecule has 0 radical (unpaired) electrons. The average Bonchev–Trinajstić information content (AvgIpc) is 2.23.